The number of hydrogen-bond donors (Lipinski definition) is 1. The predicted octanol–water partition coefficient (Wildman–Crippen LogP) is 7.21. The molecule has 2 heterocycles. The lowest BCUT2D eigenvalue weighted by Gasteiger charge is -2.59. The number of nitrogens with zero attached hydrogens (tertiary/aromatic N) is 2. The van der Waals surface area contributed by atoms with Gasteiger partial charge in [-0.2, -0.15) is 10.2 Å². The van der Waals surface area contributed by atoms with Crippen LogP contribution in [0.4, 0.5) is 11.4 Å². The van der Waals surface area contributed by atoms with Crippen molar-refractivity contribution in [2.24, 2.45) is 38.8 Å². The van der Waals surface area contributed by atoms with Crippen LogP contribution in [0.5, 0.6) is 5.75 Å². The van der Waals surface area contributed by atoms with Gasteiger partial charge in [0.05, 0.1) is 30.0 Å². The van der Waals surface area contributed by atoms with Gasteiger partial charge >= 0.3 is 11.9 Å². The van der Waals surface area contributed by atoms with Gasteiger partial charge in [-0.25, -0.2) is 4.79 Å². The molecule has 12 nitrogen and oxygen atoms in total. The number of carbonyl (C=O) groups is 4. The summed E-state index contributed by atoms with van der Waals surface area (Å²) < 4.78 is 30.0. The lowest BCUT2D eigenvalue weighted by atomic mass is 9.46. The lowest BCUT2D eigenvalue weighted by molar-refractivity contribution is -0.201. The molecule has 0 bridgehead atoms. The zero-order valence-corrected chi connectivity index (χ0v) is 31.9. The Morgan fingerprint density at radius 3 is 2.64 bits per heavy atom. The van der Waals surface area contributed by atoms with E-state index in [1.807, 2.05) is 19.9 Å². The maximum Gasteiger partial charge on any atom is 0.345 e. The number of carbonyl (C=O) groups excluding carboxylic acids is 4. The number of benzene rings is 2. The summed E-state index contributed by atoms with van der Waals surface area (Å²) in [7, 11) is 0. The summed E-state index contributed by atoms with van der Waals surface area (Å²) in [6.45, 7) is 8.99. The van der Waals surface area contributed by atoms with E-state index in [4.69, 9.17) is 23.7 Å². The van der Waals surface area contributed by atoms with E-state index in [1.54, 1.807) is 62.4 Å². The first-order valence-electron chi connectivity index (χ1n) is 19.4. The van der Waals surface area contributed by atoms with Crippen LogP contribution in [0.25, 0.3) is 0 Å². The molecule has 2 aromatic carbocycles. The molecule has 12 heteroatoms. The number of aliphatic hydroxyl groups is 1. The number of ketones is 2. The summed E-state index contributed by atoms with van der Waals surface area (Å²) in [4.78, 5) is 52.8. The van der Waals surface area contributed by atoms with Gasteiger partial charge < -0.3 is 28.8 Å². The molecule has 9 atom stereocenters. The lowest BCUT2D eigenvalue weighted by Crippen LogP contribution is -2.63. The molecule has 0 radical (unpaired) electrons. The zero-order valence-electron chi connectivity index (χ0n) is 31.9. The van der Waals surface area contributed by atoms with Gasteiger partial charge in [-0.15, -0.1) is 0 Å². The summed E-state index contributed by atoms with van der Waals surface area (Å²) in [6.07, 6.45) is 7.12. The van der Waals surface area contributed by atoms with Crippen molar-refractivity contribution in [3.8, 4) is 5.75 Å². The van der Waals surface area contributed by atoms with Crippen LogP contribution in [0.15, 0.2) is 76.5 Å². The molecule has 290 valence electrons. The molecule has 6 aliphatic rings. The third-order valence-electron chi connectivity index (χ3n) is 13.1. The Bertz CT molecular complexity index is 2040. The van der Waals surface area contributed by atoms with E-state index in [0.717, 1.165) is 24.8 Å². The third kappa shape index (κ3) is 6.17. The van der Waals surface area contributed by atoms with Crippen LogP contribution in [0.1, 0.15) is 89.1 Å². The Labute approximate surface area is 320 Å². The molecule has 4 aliphatic carbocycles. The highest BCUT2D eigenvalue weighted by Gasteiger charge is 2.76. The van der Waals surface area contributed by atoms with Gasteiger partial charge in [-0.3, -0.25) is 14.4 Å². The molecule has 2 aromatic rings. The first-order valence-corrected chi connectivity index (χ1v) is 19.4. The van der Waals surface area contributed by atoms with E-state index >= 15 is 0 Å². The molecule has 1 saturated heterocycles. The van der Waals surface area contributed by atoms with Crippen LogP contribution < -0.4 is 4.74 Å². The minimum atomic E-state index is -1.40. The van der Waals surface area contributed by atoms with Gasteiger partial charge in [0, 0.05) is 30.6 Å². The second kappa shape index (κ2) is 13.6. The molecular formula is C43H48N2O10. The number of cyclic esters (lactones) is 1. The van der Waals surface area contributed by atoms with Crippen LogP contribution in [-0.2, 0) is 39.8 Å². The number of Topliss-reactive ketones (excluding diaryl/α,β-unsaturated/α-hetero) is 1. The van der Waals surface area contributed by atoms with Crippen molar-refractivity contribution < 1.29 is 48.0 Å². The maximum atomic E-state index is 14.6. The second-order valence-corrected chi connectivity index (χ2v) is 16.8. The van der Waals surface area contributed by atoms with Crippen LogP contribution in [-0.4, -0.2) is 65.1 Å². The summed E-state index contributed by atoms with van der Waals surface area (Å²) in [5.74, 6) is -2.25. The number of ether oxygens (including phenoxy) is 5. The number of fused-ring (bicyclic) bond motifs is 8. The average molecular weight is 753 g/mol. The molecular weight excluding hydrogens is 704 g/mol. The van der Waals surface area contributed by atoms with Crippen molar-refractivity contribution in [1.29, 1.82) is 0 Å². The molecule has 0 aromatic heterocycles. The van der Waals surface area contributed by atoms with Crippen molar-refractivity contribution in [2.75, 3.05) is 6.61 Å². The van der Waals surface area contributed by atoms with Crippen molar-refractivity contribution in [2.45, 2.75) is 109 Å². The molecule has 2 aliphatic heterocycles. The van der Waals surface area contributed by atoms with Crippen molar-refractivity contribution in [3.63, 3.8) is 0 Å². The number of esters is 2. The maximum absolute atomic E-state index is 14.6. The molecule has 3 saturated carbocycles. The minimum absolute atomic E-state index is 0.00917. The molecule has 0 amide bonds. The Balaban J connectivity index is 0.989. The Kier molecular flexibility index (Phi) is 9.25. The van der Waals surface area contributed by atoms with Crippen LogP contribution in [0.3, 0.4) is 0 Å². The fourth-order valence-corrected chi connectivity index (χ4v) is 10.7. The molecule has 4 fully saturated rings. The molecule has 55 heavy (non-hydrogen) atoms. The van der Waals surface area contributed by atoms with Gasteiger partial charge in [-0.05, 0) is 85.9 Å². The quantitative estimate of drug-likeness (QED) is 0.205. The largest absolute Gasteiger partial charge is 0.457 e. The van der Waals surface area contributed by atoms with Crippen molar-refractivity contribution >= 4 is 34.9 Å². The van der Waals surface area contributed by atoms with E-state index in [1.165, 1.54) is 6.07 Å². The first kappa shape index (κ1) is 37.4. The number of allylic oxidation sites excluding steroid dienone is 4. The van der Waals surface area contributed by atoms with Gasteiger partial charge in [0.2, 0.25) is 11.6 Å². The topological polar surface area (TPSA) is 159 Å². The van der Waals surface area contributed by atoms with Gasteiger partial charge in [0.25, 0.3) is 0 Å². The van der Waals surface area contributed by atoms with Crippen molar-refractivity contribution in [3.05, 3.63) is 77.4 Å². The van der Waals surface area contributed by atoms with Crippen LogP contribution >= 0.6 is 0 Å². The molecule has 8 unspecified atom stereocenters. The van der Waals surface area contributed by atoms with Gasteiger partial charge in [-0.1, -0.05) is 57.0 Å². The fourth-order valence-electron chi connectivity index (χ4n) is 10.7. The van der Waals surface area contributed by atoms with E-state index in [0.29, 0.717) is 42.0 Å². The summed E-state index contributed by atoms with van der Waals surface area (Å²) in [6, 6.07) is 11.8. The second-order valence-electron chi connectivity index (χ2n) is 16.8. The Morgan fingerprint density at radius 1 is 1.04 bits per heavy atom. The SMILES string of the molecule is CCCC1OC2CC3C4CCC5=CC(=O)C=CC5(C)C4C(O)CC3(C)[C@]2(C(=O)COC(=O)Cc2ccccc2/N=N/c2ccc3c(c2)C(=O)OC(C)(C)O3)O1. The van der Waals surface area contributed by atoms with Gasteiger partial charge in [0.15, 0.2) is 24.3 Å². The van der Waals surface area contributed by atoms with Crippen LogP contribution in [0, 0.1) is 28.6 Å². The third-order valence-corrected chi connectivity index (χ3v) is 13.1. The summed E-state index contributed by atoms with van der Waals surface area (Å²) >= 11 is 0. The predicted molar refractivity (Wildman–Crippen MR) is 198 cm³/mol. The summed E-state index contributed by atoms with van der Waals surface area (Å²) in [5.41, 5.74) is 0.0194. The summed E-state index contributed by atoms with van der Waals surface area (Å²) in [5, 5.41) is 20.7. The standard InChI is InChI=1S/C43H48N2O10/c1-6-9-37-52-35-21-30-28-14-12-25-19-27(46)16-17-41(25,4)38(28)32(47)22-42(30,5)43(35,54-37)34(48)23-51-36(49)18-24-10-7-8-11-31(24)45-44-26-13-15-33-29(20-26)39(50)55-40(2,3)53-33/h7-8,10-11,13,15-17,19-20,28,30,32,35,37-38,47H,6,9,12,14,18,21-23H2,1-5H3/b45-44+/t28?,30?,32?,35?,37?,38?,41?,42?,43-/m1/s1. The number of rotatable bonds is 9. The Hall–Kier alpha value is -4.52. The number of azo groups is 1. The van der Waals surface area contributed by atoms with Gasteiger partial charge in [0.1, 0.15) is 11.3 Å². The van der Waals surface area contributed by atoms with Crippen LogP contribution in [0.2, 0.25) is 0 Å². The number of hydrogen-bond acceptors (Lipinski definition) is 12. The number of aliphatic hydroxyl groups excluding tert-OH is 1. The minimum Gasteiger partial charge on any atom is -0.457 e. The normalized spacial score (nSPS) is 35.4. The molecule has 1 N–H and O–H groups in total. The van der Waals surface area contributed by atoms with E-state index < -0.39 is 59.3 Å². The smallest absolute Gasteiger partial charge is 0.345 e. The molecule has 0 spiro atoms. The average Bonchev–Trinajstić information content (AvgIpc) is 3.62. The highest BCUT2D eigenvalue weighted by molar-refractivity contribution is 6.01. The zero-order chi connectivity index (χ0) is 38.9. The first-order chi connectivity index (χ1) is 26.2. The highest BCUT2D eigenvalue weighted by Crippen LogP contribution is 2.69. The van der Waals surface area contributed by atoms with E-state index in [2.05, 4.69) is 17.2 Å². The molecule has 8 rings (SSSR count). The Morgan fingerprint density at radius 2 is 1.84 bits per heavy atom. The monoisotopic (exact) mass is 752 g/mol. The highest BCUT2D eigenvalue weighted by atomic mass is 16.7. The van der Waals surface area contributed by atoms with Crippen molar-refractivity contribution in [1.82, 2.24) is 0 Å². The van der Waals surface area contributed by atoms with E-state index in [9.17, 15) is 24.3 Å². The van der Waals surface area contributed by atoms with E-state index in [-0.39, 0.29) is 41.3 Å². The fraction of sp³-hybridized carbons (Fsp3) is 0.535.